The van der Waals surface area contributed by atoms with Crippen molar-refractivity contribution in [1.29, 1.82) is 0 Å². The zero-order valence-corrected chi connectivity index (χ0v) is 12.0. The number of aromatic nitrogens is 1. The number of hydrogen-bond donors (Lipinski definition) is 0. The van der Waals surface area contributed by atoms with Crippen LogP contribution in [0, 0.1) is 0 Å². The molecule has 0 N–H and O–H groups in total. The van der Waals surface area contributed by atoms with Crippen molar-refractivity contribution in [3.8, 4) is 0 Å². The van der Waals surface area contributed by atoms with Crippen LogP contribution in [0.1, 0.15) is 24.0 Å². The van der Waals surface area contributed by atoms with Crippen molar-refractivity contribution in [2.24, 2.45) is 7.05 Å². The molecule has 1 fully saturated rings. The molecule has 102 valence electrons. The van der Waals surface area contributed by atoms with Crippen LogP contribution in [0.2, 0.25) is 0 Å². The lowest BCUT2D eigenvalue weighted by molar-refractivity contribution is -0.671. The van der Waals surface area contributed by atoms with E-state index in [1.54, 1.807) is 0 Å². The standard InChI is InChI=1S/C18H21N2/c1-19-14-10-17(11-15-19)5-4-16-6-8-18(9-7-16)20-12-2-3-13-20/h4-11,14-15H,2-3,12-13H2,1H3/q+1. The third-order valence-corrected chi connectivity index (χ3v) is 3.84. The summed E-state index contributed by atoms with van der Waals surface area (Å²) in [6.45, 7) is 2.41. The first-order valence-corrected chi connectivity index (χ1v) is 7.30. The maximum absolute atomic E-state index is 2.46. The van der Waals surface area contributed by atoms with Crippen molar-refractivity contribution < 1.29 is 4.57 Å². The van der Waals surface area contributed by atoms with Crippen molar-refractivity contribution in [3.63, 3.8) is 0 Å². The molecule has 0 aliphatic carbocycles. The van der Waals surface area contributed by atoms with Crippen molar-refractivity contribution in [2.75, 3.05) is 18.0 Å². The van der Waals surface area contributed by atoms with Gasteiger partial charge in [-0.15, -0.1) is 0 Å². The quantitative estimate of drug-likeness (QED) is 0.773. The molecule has 3 rings (SSSR count). The molecule has 20 heavy (non-hydrogen) atoms. The van der Waals surface area contributed by atoms with Crippen LogP contribution in [0.5, 0.6) is 0 Å². The van der Waals surface area contributed by atoms with Crippen LogP contribution in [-0.2, 0) is 7.05 Å². The molecule has 0 radical (unpaired) electrons. The van der Waals surface area contributed by atoms with E-state index in [-0.39, 0.29) is 0 Å². The largest absolute Gasteiger partial charge is 0.372 e. The lowest BCUT2D eigenvalue weighted by Gasteiger charge is -2.17. The van der Waals surface area contributed by atoms with Crippen molar-refractivity contribution >= 4 is 17.8 Å². The van der Waals surface area contributed by atoms with Crippen LogP contribution in [-0.4, -0.2) is 13.1 Å². The molecule has 1 aliphatic heterocycles. The van der Waals surface area contributed by atoms with Gasteiger partial charge in [0.2, 0.25) is 0 Å². The zero-order valence-electron chi connectivity index (χ0n) is 12.0. The summed E-state index contributed by atoms with van der Waals surface area (Å²) in [5.74, 6) is 0. The highest BCUT2D eigenvalue weighted by Gasteiger charge is 2.11. The molecule has 0 bridgehead atoms. The van der Waals surface area contributed by atoms with Gasteiger partial charge < -0.3 is 4.90 Å². The van der Waals surface area contributed by atoms with Gasteiger partial charge in [0.1, 0.15) is 7.05 Å². The fourth-order valence-electron chi connectivity index (χ4n) is 2.59. The van der Waals surface area contributed by atoms with Crippen LogP contribution in [0.15, 0.2) is 48.8 Å². The molecule has 0 spiro atoms. The van der Waals surface area contributed by atoms with Gasteiger partial charge >= 0.3 is 0 Å². The molecule has 1 aromatic carbocycles. The molecule has 1 aliphatic rings. The maximum Gasteiger partial charge on any atom is 0.169 e. The Morgan fingerprint density at radius 2 is 1.40 bits per heavy atom. The highest BCUT2D eigenvalue weighted by molar-refractivity contribution is 5.70. The van der Waals surface area contributed by atoms with Gasteiger partial charge in [-0.05, 0) is 36.1 Å². The fraction of sp³-hybridized carbons (Fsp3) is 0.278. The first-order chi connectivity index (χ1) is 9.81. The van der Waals surface area contributed by atoms with Gasteiger partial charge in [0.15, 0.2) is 12.4 Å². The summed E-state index contributed by atoms with van der Waals surface area (Å²) in [7, 11) is 2.03. The number of benzene rings is 1. The average molecular weight is 265 g/mol. The van der Waals surface area contributed by atoms with Crippen molar-refractivity contribution in [2.45, 2.75) is 12.8 Å². The SMILES string of the molecule is C[n+]1ccc(C=Cc2ccc(N3CCCC3)cc2)cc1. The minimum Gasteiger partial charge on any atom is -0.372 e. The van der Waals surface area contributed by atoms with Gasteiger partial charge in [0.05, 0.1) is 0 Å². The van der Waals surface area contributed by atoms with Gasteiger partial charge in [-0.1, -0.05) is 24.3 Å². The molecule has 2 heterocycles. The van der Waals surface area contributed by atoms with Crippen LogP contribution in [0.3, 0.4) is 0 Å². The van der Waals surface area contributed by atoms with E-state index in [4.69, 9.17) is 0 Å². The van der Waals surface area contributed by atoms with E-state index in [1.165, 1.54) is 42.7 Å². The Morgan fingerprint density at radius 1 is 0.850 bits per heavy atom. The third kappa shape index (κ3) is 3.08. The van der Waals surface area contributed by atoms with Crippen LogP contribution < -0.4 is 9.47 Å². The van der Waals surface area contributed by atoms with Crippen LogP contribution in [0.4, 0.5) is 5.69 Å². The molecule has 0 saturated carbocycles. The van der Waals surface area contributed by atoms with Gasteiger partial charge in [-0.3, -0.25) is 0 Å². The minimum absolute atomic E-state index is 1.20. The highest BCUT2D eigenvalue weighted by Crippen LogP contribution is 2.21. The smallest absolute Gasteiger partial charge is 0.169 e. The summed E-state index contributed by atoms with van der Waals surface area (Å²) < 4.78 is 2.04. The molecule has 2 nitrogen and oxygen atoms in total. The minimum atomic E-state index is 1.20. The predicted octanol–water partition coefficient (Wildman–Crippen LogP) is 3.28. The highest BCUT2D eigenvalue weighted by atomic mass is 15.1. The molecular formula is C18H21N2+. The number of anilines is 1. The Kier molecular flexibility index (Phi) is 3.82. The summed E-state index contributed by atoms with van der Waals surface area (Å²) in [4.78, 5) is 2.46. The van der Waals surface area contributed by atoms with Crippen LogP contribution >= 0.6 is 0 Å². The van der Waals surface area contributed by atoms with E-state index in [1.807, 2.05) is 11.6 Å². The summed E-state index contributed by atoms with van der Waals surface area (Å²) >= 11 is 0. The van der Waals surface area contributed by atoms with E-state index < -0.39 is 0 Å². The van der Waals surface area contributed by atoms with Gasteiger partial charge in [-0.2, -0.15) is 0 Å². The second kappa shape index (κ2) is 5.91. The predicted molar refractivity (Wildman–Crippen MR) is 84.4 cm³/mol. The normalized spacial score (nSPS) is 15.2. The summed E-state index contributed by atoms with van der Waals surface area (Å²) in [6.07, 6.45) is 11.1. The maximum atomic E-state index is 2.46. The van der Waals surface area contributed by atoms with Gasteiger partial charge in [0, 0.05) is 30.9 Å². The Balaban J connectivity index is 1.69. The fourth-order valence-corrected chi connectivity index (χ4v) is 2.59. The van der Waals surface area contributed by atoms with Gasteiger partial charge in [0.25, 0.3) is 0 Å². The van der Waals surface area contributed by atoms with E-state index >= 15 is 0 Å². The molecule has 0 amide bonds. The van der Waals surface area contributed by atoms with E-state index in [0.29, 0.717) is 0 Å². The van der Waals surface area contributed by atoms with E-state index in [0.717, 1.165) is 0 Å². The Bertz CT molecular complexity index is 576. The molecule has 2 aromatic rings. The van der Waals surface area contributed by atoms with Crippen molar-refractivity contribution in [1.82, 2.24) is 0 Å². The lowest BCUT2D eigenvalue weighted by Crippen LogP contribution is -2.25. The summed E-state index contributed by atoms with van der Waals surface area (Å²) in [6, 6.07) is 13.1. The molecule has 1 aromatic heterocycles. The van der Waals surface area contributed by atoms with E-state index in [2.05, 4.69) is 65.8 Å². The molecule has 1 saturated heterocycles. The average Bonchev–Trinajstić information content (AvgIpc) is 3.01. The van der Waals surface area contributed by atoms with Gasteiger partial charge in [-0.25, -0.2) is 4.57 Å². The number of pyridine rings is 1. The Labute approximate surface area is 121 Å². The zero-order chi connectivity index (χ0) is 13.8. The molecule has 0 unspecified atom stereocenters. The molecule has 0 atom stereocenters. The summed E-state index contributed by atoms with van der Waals surface area (Å²) in [5, 5.41) is 0. The number of rotatable bonds is 3. The number of nitrogens with zero attached hydrogens (tertiary/aromatic N) is 2. The first kappa shape index (κ1) is 12.9. The molecular weight excluding hydrogens is 244 g/mol. The van der Waals surface area contributed by atoms with Crippen LogP contribution in [0.25, 0.3) is 12.2 Å². The Morgan fingerprint density at radius 3 is 2.00 bits per heavy atom. The number of aryl methyl sites for hydroxylation is 1. The lowest BCUT2D eigenvalue weighted by atomic mass is 10.1. The first-order valence-electron chi connectivity index (χ1n) is 7.30. The topological polar surface area (TPSA) is 7.12 Å². The van der Waals surface area contributed by atoms with Crippen molar-refractivity contribution in [3.05, 3.63) is 59.9 Å². The third-order valence-electron chi connectivity index (χ3n) is 3.84. The second-order valence-electron chi connectivity index (χ2n) is 5.42. The summed E-state index contributed by atoms with van der Waals surface area (Å²) in [5.41, 5.74) is 3.83. The number of hydrogen-bond acceptors (Lipinski definition) is 1. The monoisotopic (exact) mass is 265 g/mol. The Hall–Kier alpha value is -2.09. The van der Waals surface area contributed by atoms with E-state index in [9.17, 15) is 0 Å². The molecule has 2 heteroatoms. The second-order valence-corrected chi connectivity index (χ2v) is 5.42.